The maximum atomic E-state index is 12.6. The number of rotatable bonds is 9. The SMILES string of the molecule is CCCCOCCNC(=O)CN1C(=O)N[C@](C)(c2cccs2)C1=O. The van der Waals surface area contributed by atoms with Crippen molar-refractivity contribution in [3.8, 4) is 0 Å². The highest BCUT2D eigenvalue weighted by atomic mass is 32.1. The highest BCUT2D eigenvalue weighted by Gasteiger charge is 2.50. The first kappa shape index (κ1) is 18.4. The Bertz CT molecular complexity index is 590. The molecule has 132 valence electrons. The van der Waals surface area contributed by atoms with Crippen molar-refractivity contribution in [1.82, 2.24) is 15.5 Å². The van der Waals surface area contributed by atoms with Crippen molar-refractivity contribution in [2.24, 2.45) is 0 Å². The quantitative estimate of drug-likeness (QED) is 0.519. The number of ether oxygens (including phenoxy) is 1. The van der Waals surface area contributed by atoms with E-state index in [1.54, 1.807) is 13.0 Å². The predicted octanol–water partition coefficient (Wildman–Crippen LogP) is 1.45. The molecule has 0 bridgehead atoms. The van der Waals surface area contributed by atoms with E-state index in [1.807, 2.05) is 11.4 Å². The standard InChI is InChI=1S/C16H23N3O4S/c1-3-4-8-23-9-7-17-13(20)11-19-14(21)16(2,18-15(19)22)12-6-5-10-24-12/h5-6,10H,3-4,7-9,11H2,1-2H3,(H,17,20)(H,18,22)/t16-/m1/s1. The minimum Gasteiger partial charge on any atom is -0.380 e. The smallest absolute Gasteiger partial charge is 0.325 e. The van der Waals surface area contributed by atoms with Gasteiger partial charge in [-0.15, -0.1) is 11.3 Å². The van der Waals surface area contributed by atoms with Crippen LogP contribution in [0.1, 0.15) is 31.6 Å². The molecule has 24 heavy (non-hydrogen) atoms. The van der Waals surface area contributed by atoms with Crippen molar-refractivity contribution in [3.05, 3.63) is 22.4 Å². The number of nitrogens with zero attached hydrogens (tertiary/aromatic N) is 1. The molecule has 0 radical (unpaired) electrons. The summed E-state index contributed by atoms with van der Waals surface area (Å²) in [4.78, 5) is 38.3. The second kappa shape index (κ2) is 8.25. The van der Waals surface area contributed by atoms with Gasteiger partial charge in [0.2, 0.25) is 5.91 Å². The summed E-state index contributed by atoms with van der Waals surface area (Å²) in [5.41, 5.74) is -1.10. The number of carbonyl (C=O) groups is 3. The topological polar surface area (TPSA) is 87.7 Å². The molecular formula is C16H23N3O4S. The number of hydrogen-bond acceptors (Lipinski definition) is 5. The van der Waals surface area contributed by atoms with Gasteiger partial charge in [0.15, 0.2) is 5.54 Å². The minimum atomic E-state index is -1.10. The van der Waals surface area contributed by atoms with E-state index in [1.165, 1.54) is 11.3 Å². The average molecular weight is 353 g/mol. The van der Waals surface area contributed by atoms with Crippen LogP contribution in [-0.4, -0.2) is 49.0 Å². The van der Waals surface area contributed by atoms with E-state index >= 15 is 0 Å². The number of amides is 4. The van der Waals surface area contributed by atoms with Crippen LogP contribution < -0.4 is 10.6 Å². The van der Waals surface area contributed by atoms with Crippen LogP contribution in [0.25, 0.3) is 0 Å². The molecule has 1 aliphatic heterocycles. The van der Waals surface area contributed by atoms with Gasteiger partial charge in [-0.25, -0.2) is 4.79 Å². The van der Waals surface area contributed by atoms with Crippen LogP contribution in [0.4, 0.5) is 4.79 Å². The Kier molecular flexibility index (Phi) is 6.33. The van der Waals surface area contributed by atoms with Gasteiger partial charge in [0.25, 0.3) is 5.91 Å². The third kappa shape index (κ3) is 4.12. The van der Waals surface area contributed by atoms with E-state index in [9.17, 15) is 14.4 Å². The number of imide groups is 1. The maximum absolute atomic E-state index is 12.6. The highest BCUT2D eigenvalue weighted by molar-refractivity contribution is 7.10. The van der Waals surface area contributed by atoms with Gasteiger partial charge in [0.05, 0.1) is 6.61 Å². The number of carbonyl (C=O) groups excluding carboxylic acids is 3. The molecule has 2 heterocycles. The fourth-order valence-corrected chi connectivity index (χ4v) is 3.22. The number of nitrogens with one attached hydrogen (secondary N) is 2. The molecular weight excluding hydrogens is 330 g/mol. The van der Waals surface area contributed by atoms with E-state index in [4.69, 9.17) is 4.74 Å². The number of thiophene rings is 1. The minimum absolute atomic E-state index is 0.291. The van der Waals surface area contributed by atoms with E-state index in [0.717, 1.165) is 22.6 Å². The molecule has 4 amide bonds. The van der Waals surface area contributed by atoms with Crippen molar-refractivity contribution in [1.29, 1.82) is 0 Å². The second-order valence-electron chi connectivity index (χ2n) is 5.74. The Morgan fingerprint density at radius 2 is 2.21 bits per heavy atom. The largest absolute Gasteiger partial charge is 0.380 e. The van der Waals surface area contributed by atoms with Crippen LogP contribution in [0, 0.1) is 0 Å². The van der Waals surface area contributed by atoms with Gasteiger partial charge >= 0.3 is 6.03 Å². The van der Waals surface area contributed by atoms with Crippen LogP contribution >= 0.6 is 11.3 Å². The zero-order valence-corrected chi connectivity index (χ0v) is 14.8. The molecule has 2 N–H and O–H groups in total. The average Bonchev–Trinajstić information content (AvgIpc) is 3.15. The normalized spacial score (nSPS) is 20.3. The van der Waals surface area contributed by atoms with E-state index in [-0.39, 0.29) is 12.5 Å². The number of urea groups is 1. The Morgan fingerprint density at radius 3 is 2.88 bits per heavy atom. The fourth-order valence-electron chi connectivity index (χ4n) is 2.38. The number of hydrogen-bond donors (Lipinski definition) is 2. The van der Waals surface area contributed by atoms with Gasteiger partial charge in [0.1, 0.15) is 6.54 Å². The van der Waals surface area contributed by atoms with Gasteiger partial charge in [-0.05, 0) is 24.8 Å². The summed E-state index contributed by atoms with van der Waals surface area (Å²) in [6.45, 7) is 4.87. The lowest BCUT2D eigenvalue weighted by atomic mass is 10.0. The van der Waals surface area contributed by atoms with Crippen LogP contribution in [-0.2, 0) is 19.9 Å². The predicted molar refractivity (Wildman–Crippen MR) is 90.7 cm³/mol. The monoisotopic (exact) mass is 353 g/mol. The molecule has 1 saturated heterocycles. The van der Waals surface area contributed by atoms with Crippen molar-refractivity contribution in [2.75, 3.05) is 26.3 Å². The molecule has 1 fully saturated rings. The molecule has 0 aliphatic carbocycles. The Hall–Kier alpha value is -1.93. The van der Waals surface area contributed by atoms with Crippen molar-refractivity contribution >= 4 is 29.2 Å². The fraction of sp³-hybridized carbons (Fsp3) is 0.562. The molecule has 8 heteroatoms. The molecule has 1 aromatic rings. The summed E-state index contributed by atoms with van der Waals surface area (Å²) < 4.78 is 5.35. The number of unbranched alkanes of at least 4 members (excludes halogenated alkanes) is 1. The molecule has 2 rings (SSSR count). The van der Waals surface area contributed by atoms with Crippen molar-refractivity contribution < 1.29 is 19.1 Å². The first-order chi connectivity index (χ1) is 11.5. The second-order valence-corrected chi connectivity index (χ2v) is 6.69. The summed E-state index contributed by atoms with van der Waals surface area (Å²) in [6, 6.07) is 3.06. The van der Waals surface area contributed by atoms with E-state index < -0.39 is 17.5 Å². The maximum Gasteiger partial charge on any atom is 0.325 e. The van der Waals surface area contributed by atoms with Gasteiger partial charge in [-0.3, -0.25) is 14.5 Å². The summed E-state index contributed by atoms with van der Waals surface area (Å²) in [7, 11) is 0. The zero-order valence-electron chi connectivity index (χ0n) is 14.0. The lowest BCUT2D eigenvalue weighted by molar-refractivity contribution is -0.134. The summed E-state index contributed by atoms with van der Waals surface area (Å²) in [6.07, 6.45) is 2.04. The van der Waals surface area contributed by atoms with Gasteiger partial charge in [-0.2, -0.15) is 0 Å². The van der Waals surface area contributed by atoms with Crippen LogP contribution in [0.5, 0.6) is 0 Å². The molecule has 1 aromatic heterocycles. The molecule has 0 unspecified atom stereocenters. The van der Waals surface area contributed by atoms with Crippen LogP contribution in [0.2, 0.25) is 0 Å². The zero-order chi connectivity index (χ0) is 17.6. The molecule has 7 nitrogen and oxygen atoms in total. The first-order valence-corrected chi connectivity index (χ1v) is 8.89. The van der Waals surface area contributed by atoms with Gasteiger partial charge in [-0.1, -0.05) is 19.4 Å². The van der Waals surface area contributed by atoms with Gasteiger partial charge < -0.3 is 15.4 Å². The van der Waals surface area contributed by atoms with E-state index in [0.29, 0.717) is 19.8 Å². The lowest BCUT2D eigenvalue weighted by Gasteiger charge is -2.19. The van der Waals surface area contributed by atoms with Crippen molar-refractivity contribution in [3.63, 3.8) is 0 Å². The van der Waals surface area contributed by atoms with E-state index in [2.05, 4.69) is 17.6 Å². The Balaban J connectivity index is 1.83. The van der Waals surface area contributed by atoms with Crippen LogP contribution in [0.15, 0.2) is 17.5 Å². The molecule has 0 spiro atoms. The Morgan fingerprint density at radius 1 is 1.42 bits per heavy atom. The van der Waals surface area contributed by atoms with Gasteiger partial charge in [0, 0.05) is 18.0 Å². The lowest BCUT2D eigenvalue weighted by Crippen LogP contribution is -2.43. The van der Waals surface area contributed by atoms with Crippen LogP contribution in [0.3, 0.4) is 0 Å². The third-order valence-electron chi connectivity index (χ3n) is 3.80. The van der Waals surface area contributed by atoms with Crippen molar-refractivity contribution in [2.45, 2.75) is 32.2 Å². The molecule has 0 aromatic carbocycles. The first-order valence-electron chi connectivity index (χ1n) is 8.01. The molecule has 1 atom stereocenters. The molecule has 1 aliphatic rings. The summed E-state index contributed by atoms with van der Waals surface area (Å²) >= 11 is 1.39. The third-order valence-corrected chi connectivity index (χ3v) is 4.89. The molecule has 0 saturated carbocycles. The summed E-state index contributed by atoms with van der Waals surface area (Å²) in [5.74, 6) is -0.794. The highest BCUT2D eigenvalue weighted by Crippen LogP contribution is 2.31. The summed E-state index contributed by atoms with van der Waals surface area (Å²) in [5, 5.41) is 7.17. The Labute approximate surface area is 145 Å².